The van der Waals surface area contributed by atoms with Gasteiger partial charge < -0.3 is 9.73 Å². The molecule has 2 aromatic rings. The van der Waals surface area contributed by atoms with E-state index in [1.165, 1.54) is 0 Å². The maximum atomic E-state index is 12.7. The topological polar surface area (TPSA) is 63.3 Å². The first kappa shape index (κ1) is 19.7. The van der Waals surface area contributed by atoms with Crippen LogP contribution in [0.2, 0.25) is 0 Å². The van der Waals surface area contributed by atoms with Crippen LogP contribution in [0, 0.1) is 11.8 Å². The number of hydrogen-bond donors (Lipinski definition) is 1. The van der Waals surface area contributed by atoms with Crippen LogP contribution < -0.4 is 5.32 Å². The molecular formula is C21H32N4O2. The van der Waals surface area contributed by atoms with Crippen LogP contribution >= 0.6 is 0 Å². The Hall–Kier alpha value is -2.08. The first-order chi connectivity index (χ1) is 13.0. The van der Waals surface area contributed by atoms with E-state index < -0.39 is 0 Å². The van der Waals surface area contributed by atoms with E-state index in [9.17, 15) is 4.79 Å². The van der Waals surface area contributed by atoms with Gasteiger partial charge in [-0.2, -0.15) is 5.10 Å². The van der Waals surface area contributed by atoms with E-state index in [4.69, 9.17) is 4.42 Å². The summed E-state index contributed by atoms with van der Waals surface area (Å²) in [5, 5.41) is 7.72. The molecule has 0 unspecified atom stereocenters. The van der Waals surface area contributed by atoms with Gasteiger partial charge in [0.15, 0.2) is 0 Å². The quantitative estimate of drug-likeness (QED) is 0.772. The van der Waals surface area contributed by atoms with Gasteiger partial charge in [-0.15, -0.1) is 0 Å². The third-order valence-corrected chi connectivity index (χ3v) is 5.09. The number of carbonyl (C=O) groups excluding carboxylic acids is 1. The lowest BCUT2D eigenvalue weighted by Gasteiger charge is -2.32. The maximum Gasteiger partial charge on any atom is 0.269 e. The predicted molar refractivity (Wildman–Crippen MR) is 105 cm³/mol. The summed E-state index contributed by atoms with van der Waals surface area (Å²) in [7, 11) is 0. The van der Waals surface area contributed by atoms with Crippen molar-refractivity contribution in [1.82, 2.24) is 20.0 Å². The molecule has 6 heteroatoms. The van der Waals surface area contributed by atoms with Crippen molar-refractivity contribution >= 4 is 5.91 Å². The van der Waals surface area contributed by atoms with Crippen LogP contribution in [-0.4, -0.2) is 40.2 Å². The molecule has 0 aromatic carbocycles. The highest BCUT2D eigenvalue weighted by atomic mass is 16.3. The Kier molecular flexibility index (Phi) is 6.72. The van der Waals surface area contributed by atoms with Crippen molar-refractivity contribution in [2.45, 2.75) is 53.1 Å². The highest BCUT2D eigenvalue weighted by Crippen LogP contribution is 2.18. The summed E-state index contributed by atoms with van der Waals surface area (Å²) in [6, 6.07) is 5.90. The molecule has 1 N–H and O–H groups in total. The van der Waals surface area contributed by atoms with E-state index >= 15 is 0 Å². The fourth-order valence-corrected chi connectivity index (χ4v) is 3.82. The molecule has 1 fully saturated rings. The van der Waals surface area contributed by atoms with Crippen LogP contribution in [0.1, 0.15) is 55.6 Å². The van der Waals surface area contributed by atoms with Crippen LogP contribution in [0.25, 0.3) is 0 Å². The summed E-state index contributed by atoms with van der Waals surface area (Å²) in [6.07, 6.45) is 4.94. The van der Waals surface area contributed by atoms with Crippen LogP contribution in [0.5, 0.6) is 0 Å². The zero-order chi connectivity index (χ0) is 19.2. The molecular weight excluding hydrogens is 340 g/mol. The van der Waals surface area contributed by atoms with E-state index in [1.54, 1.807) is 6.26 Å². The fourth-order valence-electron chi connectivity index (χ4n) is 3.82. The number of nitrogens with one attached hydrogen (secondary N) is 1. The fraction of sp³-hybridized carbons (Fsp3) is 0.619. The maximum absolute atomic E-state index is 12.7. The van der Waals surface area contributed by atoms with Crippen molar-refractivity contribution in [2.24, 2.45) is 11.8 Å². The molecule has 0 bridgehead atoms. The number of aryl methyl sites for hydroxylation is 1. The van der Waals surface area contributed by atoms with Gasteiger partial charge in [-0.3, -0.25) is 14.4 Å². The summed E-state index contributed by atoms with van der Waals surface area (Å²) in [5.41, 5.74) is 1.68. The normalized spacial score (nSPS) is 18.1. The van der Waals surface area contributed by atoms with Gasteiger partial charge in [-0.1, -0.05) is 13.8 Å². The highest BCUT2D eigenvalue weighted by Gasteiger charge is 2.22. The monoisotopic (exact) mass is 372 g/mol. The smallest absolute Gasteiger partial charge is 0.269 e. The largest absolute Gasteiger partial charge is 0.468 e. The SMILES string of the molecule is CCn1nc(CC(C)C)cc1C(=O)NC[C@H]1CCCN(Cc2ccco2)C1. The lowest BCUT2D eigenvalue weighted by molar-refractivity contribution is 0.0917. The molecule has 0 radical (unpaired) electrons. The van der Waals surface area contributed by atoms with Gasteiger partial charge in [-0.05, 0) is 62.8 Å². The van der Waals surface area contributed by atoms with Crippen LogP contribution in [0.15, 0.2) is 28.9 Å². The molecule has 1 amide bonds. The van der Waals surface area contributed by atoms with Gasteiger partial charge >= 0.3 is 0 Å². The molecule has 27 heavy (non-hydrogen) atoms. The minimum absolute atomic E-state index is 0.0116. The second kappa shape index (κ2) is 9.22. The number of aromatic nitrogens is 2. The summed E-state index contributed by atoms with van der Waals surface area (Å²) in [6.45, 7) is 10.7. The van der Waals surface area contributed by atoms with E-state index in [0.717, 1.165) is 50.4 Å². The second-order valence-electron chi connectivity index (χ2n) is 7.97. The Morgan fingerprint density at radius 3 is 3.00 bits per heavy atom. The highest BCUT2D eigenvalue weighted by molar-refractivity contribution is 5.92. The molecule has 6 nitrogen and oxygen atoms in total. The number of nitrogens with zero attached hydrogens (tertiary/aromatic N) is 3. The Balaban J connectivity index is 1.53. The molecule has 2 aromatic heterocycles. The summed E-state index contributed by atoms with van der Waals surface area (Å²) in [5.74, 6) is 2.00. The number of carbonyl (C=O) groups is 1. The van der Waals surface area contributed by atoms with Gasteiger partial charge in [0.25, 0.3) is 5.91 Å². The van der Waals surface area contributed by atoms with Crippen LogP contribution in [0.4, 0.5) is 0 Å². The predicted octanol–water partition coefficient (Wildman–Crippen LogP) is 3.34. The van der Waals surface area contributed by atoms with Gasteiger partial charge in [0.1, 0.15) is 11.5 Å². The molecule has 148 valence electrons. The van der Waals surface area contributed by atoms with E-state index in [1.807, 2.05) is 29.8 Å². The Bertz CT molecular complexity index is 721. The number of amides is 1. The summed E-state index contributed by atoms with van der Waals surface area (Å²) < 4.78 is 7.28. The van der Waals surface area contributed by atoms with Gasteiger partial charge in [0.2, 0.25) is 0 Å². The van der Waals surface area contributed by atoms with Gasteiger partial charge in [0.05, 0.1) is 18.5 Å². The number of hydrogen-bond acceptors (Lipinski definition) is 4. The van der Waals surface area contributed by atoms with Gasteiger partial charge in [0, 0.05) is 19.6 Å². The molecule has 3 rings (SSSR count). The second-order valence-corrected chi connectivity index (χ2v) is 7.97. The third kappa shape index (κ3) is 5.45. The van der Waals surface area contributed by atoms with Crippen molar-refractivity contribution in [3.63, 3.8) is 0 Å². The molecule has 1 aliphatic rings. The first-order valence-electron chi connectivity index (χ1n) is 10.1. The number of rotatable bonds is 8. The van der Waals surface area contributed by atoms with Crippen molar-refractivity contribution < 1.29 is 9.21 Å². The molecule has 0 saturated carbocycles. The molecule has 3 heterocycles. The first-order valence-corrected chi connectivity index (χ1v) is 10.1. The summed E-state index contributed by atoms with van der Waals surface area (Å²) in [4.78, 5) is 15.1. The Labute approximate surface area is 161 Å². The number of likely N-dealkylation sites (tertiary alicyclic amines) is 1. The zero-order valence-corrected chi connectivity index (χ0v) is 16.8. The van der Waals surface area contributed by atoms with Crippen molar-refractivity contribution in [3.8, 4) is 0 Å². The lowest BCUT2D eigenvalue weighted by Crippen LogP contribution is -2.40. The molecule has 1 atom stereocenters. The minimum atomic E-state index is -0.0116. The Morgan fingerprint density at radius 1 is 1.44 bits per heavy atom. The average Bonchev–Trinajstić information content (AvgIpc) is 3.29. The van der Waals surface area contributed by atoms with Crippen molar-refractivity contribution in [3.05, 3.63) is 41.6 Å². The molecule has 0 aliphatic carbocycles. The Morgan fingerprint density at radius 2 is 2.30 bits per heavy atom. The van der Waals surface area contributed by atoms with Crippen molar-refractivity contribution in [2.75, 3.05) is 19.6 Å². The lowest BCUT2D eigenvalue weighted by atomic mass is 9.98. The van der Waals surface area contributed by atoms with E-state index in [-0.39, 0.29) is 5.91 Å². The van der Waals surface area contributed by atoms with Crippen LogP contribution in [-0.2, 0) is 19.5 Å². The molecule has 1 aliphatic heterocycles. The van der Waals surface area contributed by atoms with Crippen molar-refractivity contribution in [1.29, 1.82) is 0 Å². The zero-order valence-electron chi connectivity index (χ0n) is 16.8. The van der Waals surface area contributed by atoms with E-state index in [0.29, 0.717) is 30.6 Å². The van der Waals surface area contributed by atoms with E-state index in [2.05, 4.69) is 29.2 Å². The number of furan rings is 1. The average molecular weight is 373 g/mol. The minimum Gasteiger partial charge on any atom is -0.468 e. The molecule has 1 saturated heterocycles. The number of piperidine rings is 1. The summed E-state index contributed by atoms with van der Waals surface area (Å²) >= 11 is 0. The third-order valence-electron chi connectivity index (χ3n) is 5.09. The van der Waals surface area contributed by atoms with Crippen LogP contribution in [0.3, 0.4) is 0 Å². The molecule has 0 spiro atoms. The standard InChI is InChI=1S/C21H32N4O2/c1-4-25-20(12-18(23-25)11-16(2)3)21(26)22-13-17-7-5-9-24(14-17)15-19-8-6-10-27-19/h6,8,10,12,16-17H,4-5,7,9,11,13-15H2,1-3H3,(H,22,26)/t17-/m1/s1. The van der Waals surface area contributed by atoms with Gasteiger partial charge in [-0.25, -0.2) is 0 Å².